The SMILES string of the molecule is COc1ccc(CNC(=O)c2cnc(-c3ccccc3)nc2)c(OC)c1. The van der Waals surface area contributed by atoms with E-state index in [1.165, 1.54) is 12.4 Å². The highest BCUT2D eigenvalue weighted by molar-refractivity contribution is 5.93. The summed E-state index contributed by atoms with van der Waals surface area (Å²) in [6.45, 7) is 0.326. The predicted octanol–water partition coefficient (Wildman–Crippen LogP) is 3.09. The third-order valence-corrected chi connectivity index (χ3v) is 3.88. The van der Waals surface area contributed by atoms with Crippen LogP contribution in [-0.4, -0.2) is 30.1 Å². The van der Waals surface area contributed by atoms with E-state index >= 15 is 0 Å². The number of hydrogen-bond acceptors (Lipinski definition) is 5. The number of rotatable bonds is 6. The van der Waals surface area contributed by atoms with Gasteiger partial charge in [-0.05, 0) is 12.1 Å². The van der Waals surface area contributed by atoms with Gasteiger partial charge in [-0.3, -0.25) is 4.79 Å². The van der Waals surface area contributed by atoms with E-state index < -0.39 is 0 Å². The highest BCUT2D eigenvalue weighted by Gasteiger charge is 2.10. The van der Waals surface area contributed by atoms with Gasteiger partial charge in [0.15, 0.2) is 5.82 Å². The second-order valence-corrected chi connectivity index (χ2v) is 5.52. The van der Waals surface area contributed by atoms with Gasteiger partial charge < -0.3 is 14.8 Å². The second kappa shape index (κ2) is 8.11. The Kier molecular flexibility index (Phi) is 5.43. The Morgan fingerprint density at radius 2 is 1.73 bits per heavy atom. The van der Waals surface area contributed by atoms with Crippen molar-refractivity contribution in [1.82, 2.24) is 15.3 Å². The van der Waals surface area contributed by atoms with Gasteiger partial charge in [0, 0.05) is 36.1 Å². The number of methoxy groups -OCH3 is 2. The lowest BCUT2D eigenvalue weighted by atomic mass is 10.2. The van der Waals surface area contributed by atoms with E-state index in [4.69, 9.17) is 9.47 Å². The normalized spacial score (nSPS) is 10.2. The first-order valence-electron chi connectivity index (χ1n) is 8.08. The molecule has 1 heterocycles. The van der Waals surface area contributed by atoms with E-state index in [9.17, 15) is 4.79 Å². The number of carbonyl (C=O) groups is 1. The Labute approximate surface area is 151 Å². The van der Waals surface area contributed by atoms with Crippen LogP contribution in [0.3, 0.4) is 0 Å². The summed E-state index contributed by atoms with van der Waals surface area (Å²) in [5.74, 6) is 1.68. The summed E-state index contributed by atoms with van der Waals surface area (Å²) >= 11 is 0. The molecule has 3 rings (SSSR count). The van der Waals surface area contributed by atoms with E-state index in [-0.39, 0.29) is 5.91 Å². The molecule has 1 N–H and O–H groups in total. The van der Waals surface area contributed by atoms with Gasteiger partial charge in [0.25, 0.3) is 5.91 Å². The van der Waals surface area contributed by atoms with Gasteiger partial charge in [-0.25, -0.2) is 9.97 Å². The van der Waals surface area contributed by atoms with Crippen LogP contribution in [-0.2, 0) is 6.54 Å². The zero-order chi connectivity index (χ0) is 18.4. The fourth-order valence-corrected chi connectivity index (χ4v) is 2.46. The van der Waals surface area contributed by atoms with E-state index in [1.807, 2.05) is 42.5 Å². The number of aromatic nitrogens is 2. The number of nitrogens with zero attached hydrogens (tertiary/aromatic N) is 2. The van der Waals surface area contributed by atoms with Crippen LogP contribution in [0.1, 0.15) is 15.9 Å². The molecule has 0 aliphatic carbocycles. The minimum Gasteiger partial charge on any atom is -0.497 e. The van der Waals surface area contributed by atoms with Crippen LogP contribution in [0.2, 0.25) is 0 Å². The van der Waals surface area contributed by atoms with Crippen molar-refractivity contribution in [3.05, 3.63) is 72.1 Å². The molecule has 26 heavy (non-hydrogen) atoms. The lowest BCUT2D eigenvalue weighted by Crippen LogP contribution is -2.23. The number of ether oxygens (including phenoxy) is 2. The summed E-state index contributed by atoms with van der Waals surface area (Å²) in [6, 6.07) is 15.1. The Morgan fingerprint density at radius 3 is 2.38 bits per heavy atom. The largest absolute Gasteiger partial charge is 0.497 e. The molecule has 6 heteroatoms. The third kappa shape index (κ3) is 3.97. The van der Waals surface area contributed by atoms with Gasteiger partial charge in [0.1, 0.15) is 11.5 Å². The van der Waals surface area contributed by atoms with Crippen molar-refractivity contribution in [2.45, 2.75) is 6.54 Å². The van der Waals surface area contributed by atoms with Crippen LogP contribution < -0.4 is 14.8 Å². The topological polar surface area (TPSA) is 73.3 Å². The molecule has 0 bridgehead atoms. The van der Waals surface area contributed by atoms with E-state index in [2.05, 4.69) is 15.3 Å². The highest BCUT2D eigenvalue weighted by Crippen LogP contribution is 2.24. The van der Waals surface area contributed by atoms with Crippen molar-refractivity contribution in [3.8, 4) is 22.9 Å². The standard InChI is InChI=1S/C20H19N3O3/c1-25-17-9-8-15(18(10-17)26-2)11-23-20(24)16-12-21-19(22-13-16)14-6-4-3-5-7-14/h3-10,12-13H,11H2,1-2H3,(H,23,24). The number of benzene rings is 2. The Hall–Kier alpha value is -3.41. The molecule has 3 aromatic rings. The Balaban J connectivity index is 1.67. The summed E-state index contributed by atoms with van der Waals surface area (Å²) < 4.78 is 10.5. The first-order valence-corrected chi connectivity index (χ1v) is 8.08. The average Bonchev–Trinajstić information content (AvgIpc) is 2.72. The molecule has 2 aromatic carbocycles. The van der Waals surface area contributed by atoms with Crippen LogP contribution in [0.4, 0.5) is 0 Å². The molecule has 0 unspecified atom stereocenters. The zero-order valence-electron chi connectivity index (χ0n) is 14.6. The molecule has 0 fully saturated rings. The van der Waals surface area contributed by atoms with Gasteiger partial charge in [-0.1, -0.05) is 30.3 Å². The van der Waals surface area contributed by atoms with Crippen LogP contribution >= 0.6 is 0 Å². The fraction of sp³-hybridized carbons (Fsp3) is 0.150. The van der Waals surface area contributed by atoms with Crippen LogP contribution in [0.25, 0.3) is 11.4 Å². The number of carbonyl (C=O) groups excluding carboxylic acids is 1. The number of hydrogen-bond donors (Lipinski definition) is 1. The van der Waals surface area contributed by atoms with E-state index in [1.54, 1.807) is 20.3 Å². The molecule has 0 saturated heterocycles. The molecule has 6 nitrogen and oxygen atoms in total. The second-order valence-electron chi connectivity index (χ2n) is 5.52. The van der Waals surface area contributed by atoms with E-state index in [0.29, 0.717) is 29.4 Å². The predicted molar refractivity (Wildman–Crippen MR) is 98.2 cm³/mol. The third-order valence-electron chi connectivity index (χ3n) is 3.88. The smallest absolute Gasteiger partial charge is 0.254 e. The highest BCUT2D eigenvalue weighted by atomic mass is 16.5. The Bertz CT molecular complexity index is 881. The molecule has 0 aliphatic heterocycles. The van der Waals surface area contributed by atoms with Crippen molar-refractivity contribution in [2.24, 2.45) is 0 Å². The van der Waals surface area contributed by atoms with Crippen molar-refractivity contribution >= 4 is 5.91 Å². The molecule has 0 radical (unpaired) electrons. The summed E-state index contributed by atoms with van der Waals surface area (Å²) in [5.41, 5.74) is 2.16. The first kappa shape index (κ1) is 17.4. The number of nitrogens with one attached hydrogen (secondary N) is 1. The van der Waals surface area contributed by atoms with Crippen molar-refractivity contribution < 1.29 is 14.3 Å². The van der Waals surface area contributed by atoms with E-state index in [0.717, 1.165) is 11.1 Å². The molecule has 1 aromatic heterocycles. The minimum absolute atomic E-state index is 0.248. The van der Waals surface area contributed by atoms with Gasteiger partial charge in [-0.15, -0.1) is 0 Å². The van der Waals surface area contributed by atoms with Crippen LogP contribution in [0, 0.1) is 0 Å². The summed E-state index contributed by atoms with van der Waals surface area (Å²) in [5, 5.41) is 2.85. The first-order chi connectivity index (χ1) is 12.7. The lowest BCUT2D eigenvalue weighted by molar-refractivity contribution is 0.0950. The maximum atomic E-state index is 12.3. The summed E-state index contributed by atoms with van der Waals surface area (Å²) in [4.78, 5) is 20.9. The minimum atomic E-state index is -0.248. The molecule has 132 valence electrons. The van der Waals surface area contributed by atoms with Gasteiger partial charge >= 0.3 is 0 Å². The van der Waals surface area contributed by atoms with Crippen molar-refractivity contribution in [2.75, 3.05) is 14.2 Å². The molecule has 0 spiro atoms. The summed E-state index contributed by atoms with van der Waals surface area (Å²) in [6.07, 6.45) is 3.05. The molecule has 0 saturated carbocycles. The monoisotopic (exact) mass is 349 g/mol. The lowest BCUT2D eigenvalue weighted by Gasteiger charge is -2.11. The molecular formula is C20H19N3O3. The molecular weight excluding hydrogens is 330 g/mol. The van der Waals surface area contributed by atoms with Crippen molar-refractivity contribution in [1.29, 1.82) is 0 Å². The quantitative estimate of drug-likeness (QED) is 0.740. The average molecular weight is 349 g/mol. The van der Waals surface area contributed by atoms with Crippen LogP contribution in [0.5, 0.6) is 11.5 Å². The van der Waals surface area contributed by atoms with Crippen molar-refractivity contribution in [3.63, 3.8) is 0 Å². The van der Waals surface area contributed by atoms with Gasteiger partial charge in [0.2, 0.25) is 0 Å². The molecule has 0 atom stereocenters. The zero-order valence-corrected chi connectivity index (χ0v) is 14.6. The fourth-order valence-electron chi connectivity index (χ4n) is 2.46. The van der Waals surface area contributed by atoms with Crippen LogP contribution in [0.15, 0.2) is 60.9 Å². The summed E-state index contributed by atoms with van der Waals surface area (Å²) in [7, 11) is 3.17. The molecule has 0 aliphatic rings. The number of amides is 1. The van der Waals surface area contributed by atoms with Gasteiger partial charge in [0.05, 0.1) is 19.8 Å². The Morgan fingerprint density at radius 1 is 1.00 bits per heavy atom. The molecule has 1 amide bonds. The maximum Gasteiger partial charge on any atom is 0.254 e. The maximum absolute atomic E-state index is 12.3. The van der Waals surface area contributed by atoms with Gasteiger partial charge in [-0.2, -0.15) is 0 Å².